The van der Waals surface area contributed by atoms with E-state index in [1.54, 1.807) is 0 Å². The van der Waals surface area contributed by atoms with Crippen LogP contribution < -0.4 is 4.52 Å². The topological polar surface area (TPSA) is 72.8 Å². The van der Waals surface area contributed by atoms with E-state index in [1.165, 1.54) is 31.4 Å². The summed E-state index contributed by atoms with van der Waals surface area (Å²) in [5.41, 5.74) is 0.359. The Bertz CT molecular complexity index is 345. The van der Waals surface area contributed by atoms with Gasteiger partial charge in [0.25, 0.3) is 0 Å². The van der Waals surface area contributed by atoms with Crippen LogP contribution in [0.5, 0.6) is 5.75 Å². The van der Waals surface area contributed by atoms with Gasteiger partial charge >= 0.3 is 14.2 Å². The van der Waals surface area contributed by atoms with Gasteiger partial charge in [0.15, 0.2) is 0 Å². The highest BCUT2D eigenvalue weighted by atomic mass is 31.1. The van der Waals surface area contributed by atoms with Crippen molar-refractivity contribution in [2.45, 2.75) is 0 Å². The summed E-state index contributed by atoms with van der Waals surface area (Å²) in [5, 5.41) is 0. The normalized spacial score (nSPS) is 11.9. The Morgan fingerprint density at radius 2 is 1.93 bits per heavy atom. The molecule has 1 N–H and O–H groups in total. The smallest absolute Gasteiger partial charge is 0.365 e. The van der Waals surface area contributed by atoms with Gasteiger partial charge < -0.3 is 14.2 Å². The minimum Gasteiger partial charge on any atom is -0.465 e. The Kier molecular flexibility index (Phi) is 3.68. The lowest BCUT2D eigenvalue weighted by Gasteiger charge is -2.02. The van der Waals surface area contributed by atoms with Gasteiger partial charge in [-0.25, -0.2) is 9.36 Å². The second-order valence-electron chi connectivity index (χ2n) is 2.38. The highest BCUT2D eigenvalue weighted by Crippen LogP contribution is 2.22. The second-order valence-corrected chi connectivity index (χ2v) is 3.12. The first-order valence-electron chi connectivity index (χ1n) is 3.72. The van der Waals surface area contributed by atoms with Crippen molar-refractivity contribution in [3.63, 3.8) is 0 Å². The molecular formula is C8H9O5P. The first-order valence-corrected chi connectivity index (χ1v) is 4.99. The number of benzene rings is 1. The third-order valence-corrected chi connectivity index (χ3v) is 1.89. The van der Waals surface area contributed by atoms with Gasteiger partial charge in [-0.2, -0.15) is 0 Å². The summed E-state index contributed by atoms with van der Waals surface area (Å²) in [6.45, 7) is 0. The largest absolute Gasteiger partial charge is 0.465 e. The van der Waals surface area contributed by atoms with Crippen molar-refractivity contribution in [1.82, 2.24) is 0 Å². The maximum absolute atomic E-state index is 11.0. The van der Waals surface area contributed by atoms with Crippen LogP contribution in [0.25, 0.3) is 0 Å². The van der Waals surface area contributed by atoms with Gasteiger partial charge in [0.05, 0.1) is 12.7 Å². The molecule has 1 aromatic carbocycles. The Balaban J connectivity index is 2.78. The van der Waals surface area contributed by atoms with E-state index in [-0.39, 0.29) is 5.75 Å². The van der Waals surface area contributed by atoms with Crippen molar-refractivity contribution >= 4 is 14.2 Å². The summed E-state index contributed by atoms with van der Waals surface area (Å²) >= 11 is 0. The minimum atomic E-state index is -2.99. The van der Waals surface area contributed by atoms with Crippen molar-refractivity contribution in [3.8, 4) is 5.75 Å². The van der Waals surface area contributed by atoms with Gasteiger partial charge in [0, 0.05) is 0 Å². The number of hydrogen-bond acceptors (Lipinski definition) is 4. The van der Waals surface area contributed by atoms with Crippen molar-refractivity contribution in [2.75, 3.05) is 7.11 Å². The fourth-order valence-corrected chi connectivity index (χ4v) is 1.22. The van der Waals surface area contributed by atoms with E-state index in [9.17, 15) is 9.36 Å². The van der Waals surface area contributed by atoms with E-state index < -0.39 is 14.2 Å². The van der Waals surface area contributed by atoms with Crippen LogP contribution in [0, 0.1) is 0 Å². The first-order chi connectivity index (χ1) is 6.63. The molecule has 0 heterocycles. The Morgan fingerprint density at radius 1 is 1.36 bits per heavy atom. The second kappa shape index (κ2) is 4.79. The molecule has 14 heavy (non-hydrogen) atoms. The maximum atomic E-state index is 11.0. The van der Waals surface area contributed by atoms with Crippen LogP contribution in [0.1, 0.15) is 10.4 Å². The van der Waals surface area contributed by atoms with E-state index in [2.05, 4.69) is 9.26 Å². The van der Waals surface area contributed by atoms with E-state index >= 15 is 0 Å². The van der Waals surface area contributed by atoms with E-state index in [0.717, 1.165) is 0 Å². The molecule has 76 valence electrons. The fourth-order valence-electron chi connectivity index (χ4n) is 0.878. The summed E-state index contributed by atoms with van der Waals surface area (Å²) < 4.78 is 19.3. The van der Waals surface area contributed by atoms with Crippen LogP contribution in [0.15, 0.2) is 24.3 Å². The molecule has 0 saturated heterocycles. The fraction of sp³-hybridized carbons (Fsp3) is 0.125. The zero-order chi connectivity index (χ0) is 10.6. The molecule has 0 fully saturated rings. The average molecular weight is 216 g/mol. The molecule has 1 aromatic rings. The number of carbonyl (C=O) groups is 1. The molecular weight excluding hydrogens is 207 g/mol. The van der Waals surface area contributed by atoms with Gasteiger partial charge in [-0.15, -0.1) is 0 Å². The Hall–Kier alpha value is -1.32. The van der Waals surface area contributed by atoms with Crippen LogP contribution in [0.3, 0.4) is 0 Å². The molecule has 1 atom stereocenters. The third-order valence-electron chi connectivity index (χ3n) is 1.48. The van der Waals surface area contributed by atoms with Crippen molar-refractivity contribution in [3.05, 3.63) is 29.8 Å². The summed E-state index contributed by atoms with van der Waals surface area (Å²) in [5.74, 6) is -0.225. The van der Waals surface area contributed by atoms with Gasteiger partial charge in [-0.3, -0.25) is 0 Å². The van der Waals surface area contributed by atoms with Crippen LogP contribution in [-0.4, -0.2) is 18.0 Å². The molecule has 0 aromatic heterocycles. The van der Waals surface area contributed by atoms with Crippen LogP contribution in [-0.2, 0) is 9.30 Å². The van der Waals surface area contributed by atoms with Gasteiger partial charge in [0.1, 0.15) is 5.75 Å². The summed E-state index contributed by atoms with van der Waals surface area (Å²) in [7, 11) is -1.71. The lowest BCUT2D eigenvalue weighted by molar-refractivity contribution is 0.0601. The molecule has 0 amide bonds. The predicted molar refractivity (Wildman–Crippen MR) is 49.6 cm³/mol. The van der Waals surface area contributed by atoms with Crippen LogP contribution in [0.2, 0.25) is 0 Å². The van der Waals surface area contributed by atoms with Crippen LogP contribution in [0.4, 0.5) is 0 Å². The average Bonchev–Trinajstić information content (AvgIpc) is 2.17. The van der Waals surface area contributed by atoms with Crippen molar-refractivity contribution in [1.29, 1.82) is 0 Å². The summed E-state index contributed by atoms with van der Waals surface area (Å²) in [4.78, 5) is 19.4. The Labute approximate surface area is 81.2 Å². The van der Waals surface area contributed by atoms with E-state index in [4.69, 9.17) is 4.89 Å². The molecule has 0 aliphatic heterocycles. The standard InChI is InChI=1S/C8H9O5P/c1-12-8(9)6-2-4-7(5-3-6)13-14(10)11/h2-5,14H,1H3,(H,10,11). The highest BCUT2D eigenvalue weighted by Gasteiger charge is 2.04. The lowest BCUT2D eigenvalue weighted by Crippen LogP contribution is -2.00. The number of methoxy groups -OCH3 is 1. The number of ether oxygens (including phenoxy) is 1. The summed E-state index contributed by atoms with van der Waals surface area (Å²) in [6.07, 6.45) is 0. The molecule has 5 nitrogen and oxygen atoms in total. The van der Waals surface area contributed by atoms with Gasteiger partial charge in [0.2, 0.25) is 0 Å². The van der Waals surface area contributed by atoms with E-state index in [0.29, 0.717) is 5.56 Å². The highest BCUT2D eigenvalue weighted by molar-refractivity contribution is 7.32. The number of esters is 1. The number of hydrogen-bond donors (Lipinski definition) is 1. The first kappa shape index (κ1) is 10.8. The molecule has 0 aliphatic carbocycles. The van der Waals surface area contributed by atoms with Crippen molar-refractivity contribution in [2.24, 2.45) is 0 Å². The van der Waals surface area contributed by atoms with Crippen LogP contribution >= 0.6 is 8.25 Å². The molecule has 0 bridgehead atoms. The van der Waals surface area contributed by atoms with E-state index in [1.807, 2.05) is 0 Å². The van der Waals surface area contributed by atoms with Gasteiger partial charge in [-0.05, 0) is 24.3 Å². The lowest BCUT2D eigenvalue weighted by atomic mass is 10.2. The zero-order valence-corrected chi connectivity index (χ0v) is 8.39. The molecule has 0 radical (unpaired) electrons. The molecule has 0 saturated carbocycles. The maximum Gasteiger partial charge on any atom is 0.365 e. The molecule has 0 aliphatic rings. The van der Waals surface area contributed by atoms with Gasteiger partial charge in [-0.1, -0.05) is 0 Å². The quantitative estimate of drug-likeness (QED) is 0.607. The monoisotopic (exact) mass is 216 g/mol. The minimum absolute atomic E-state index is 0.240. The molecule has 1 unspecified atom stereocenters. The zero-order valence-electron chi connectivity index (χ0n) is 7.39. The molecule has 6 heteroatoms. The Morgan fingerprint density at radius 3 is 2.36 bits per heavy atom. The number of rotatable bonds is 3. The number of carbonyl (C=O) groups excluding carboxylic acids is 1. The summed E-state index contributed by atoms with van der Waals surface area (Å²) in [6, 6.07) is 5.74. The van der Waals surface area contributed by atoms with Crippen molar-refractivity contribution < 1.29 is 23.5 Å². The third kappa shape index (κ3) is 2.87. The SMILES string of the molecule is COC(=O)c1ccc(O[PH](=O)O)cc1. The molecule has 0 spiro atoms. The predicted octanol–water partition coefficient (Wildman–Crippen LogP) is 1.23. The molecule has 1 rings (SSSR count).